The quantitative estimate of drug-likeness (QED) is 0.686. The summed E-state index contributed by atoms with van der Waals surface area (Å²) in [5.41, 5.74) is -0.122. The van der Waals surface area contributed by atoms with Gasteiger partial charge in [-0.3, -0.25) is 13.9 Å². The smallest absolute Gasteiger partial charge is 0.332 e. The second-order valence-corrected chi connectivity index (χ2v) is 8.94. The fraction of sp³-hybridized carbons (Fsp3) is 0.611. The van der Waals surface area contributed by atoms with Gasteiger partial charge in [0.05, 0.1) is 25.1 Å². The number of alkyl halides is 1. The number of carbonyl (C=O) groups excluding carboxylic acids is 1. The average molecular weight is 427 g/mol. The zero-order chi connectivity index (χ0) is 20.0. The first-order valence-electron chi connectivity index (χ1n) is 9.44. The first-order valence-corrected chi connectivity index (χ1v) is 10.7. The van der Waals surface area contributed by atoms with Crippen molar-refractivity contribution < 1.29 is 9.53 Å². The maximum absolute atomic E-state index is 13.1. The zero-order valence-corrected chi connectivity index (χ0v) is 17.4. The van der Waals surface area contributed by atoms with Crippen LogP contribution in [0.25, 0.3) is 10.2 Å². The molecule has 0 radical (unpaired) electrons. The van der Waals surface area contributed by atoms with Crippen LogP contribution in [0, 0.1) is 6.92 Å². The van der Waals surface area contributed by atoms with E-state index in [1.54, 1.807) is 16.4 Å². The number of nitrogens with one attached hydrogen (secondary N) is 1. The summed E-state index contributed by atoms with van der Waals surface area (Å²) >= 11 is 7.26. The molecule has 8 nitrogen and oxygen atoms in total. The summed E-state index contributed by atoms with van der Waals surface area (Å²) in [4.78, 5) is 41.4. The van der Waals surface area contributed by atoms with Crippen LogP contribution in [-0.2, 0) is 17.8 Å². The van der Waals surface area contributed by atoms with E-state index in [2.05, 4.69) is 5.32 Å². The number of urea groups is 1. The molecule has 2 aliphatic rings. The lowest BCUT2D eigenvalue weighted by molar-refractivity contribution is 0.111. The van der Waals surface area contributed by atoms with Gasteiger partial charge in [-0.05, 0) is 32.3 Å². The summed E-state index contributed by atoms with van der Waals surface area (Å²) in [7, 11) is 0. The molecule has 3 heterocycles. The lowest BCUT2D eigenvalue weighted by Crippen LogP contribution is -2.40. The highest BCUT2D eigenvalue weighted by molar-refractivity contribution is 7.18. The lowest BCUT2D eigenvalue weighted by atomic mass is 10.2. The second kappa shape index (κ2) is 7.53. The van der Waals surface area contributed by atoms with Crippen molar-refractivity contribution in [1.82, 2.24) is 19.4 Å². The first kappa shape index (κ1) is 19.5. The van der Waals surface area contributed by atoms with Gasteiger partial charge < -0.3 is 15.0 Å². The average Bonchev–Trinajstić information content (AvgIpc) is 3.30. The lowest BCUT2D eigenvalue weighted by Gasteiger charge is -2.12. The van der Waals surface area contributed by atoms with Crippen LogP contribution in [-0.4, -0.2) is 45.3 Å². The van der Waals surface area contributed by atoms with E-state index in [4.69, 9.17) is 16.3 Å². The Morgan fingerprint density at radius 3 is 2.68 bits per heavy atom. The number of aromatic nitrogens is 2. The van der Waals surface area contributed by atoms with Crippen molar-refractivity contribution >= 4 is 39.2 Å². The number of hydrogen-bond donors (Lipinski definition) is 1. The van der Waals surface area contributed by atoms with Crippen LogP contribution >= 0.6 is 22.9 Å². The third-order valence-electron chi connectivity index (χ3n) is 5.20. The van der Waals surface area contributed by atoms with Crippen LogP contribution < -0.4 is 16.6 Å². The Morgan fingerprint density at radius 1 is 1.32 bits per heavy atom. The third-order valence-corrected chi connectivity index (χ3v) is 6.62. The number of rotatable bonds is 7. The highest BCUT2D eigenvalue weighted by Gasteiger charge is 2.31. The first-order chi connectivity index (χ1) is 13.4. The molecule has 2 fully saturated rings. The number of aryl methyl sites for hydroxylation is 1. The summed E-state index contributed by atoms with van der Waals surface area (Å²) in [6, 6.07) is -0.121. The Labute approximate surface area is 170 Å². The Morgan fingerprint density at radius 2 is 2.07 bits per heavy atom. The van der Waals surface area contributed by atoms with Crippen molar-refractivity contribution in [3.63, 3.8) is 0 Å². The van der Waals surface area contributed by atoms with E-state index in [0.29, 0.717) is 36.4 Å². The van der Waals surface area contributed by atoms with E-state index in [0.717, 1.165) is 23.3 Å². The molecule has 152 valence electrons. The normalized spacial score (nSPS) is 18.1. The van der Waals surface area contributed by atoms with E-state index in [1.165, 1.54) is 15.9 Å². The molecule has 1 N–H and O–H groups in total. The molecule has 4 rings (SSSR count). The molecule has 0 bridgehead atoms. The maximum Gasteiger partial charge on any atom is 0.332 e. The Bertz CT molecular complexity index is 1040. The molecule has 1 atom stereocenters. The zero-order valence-electron chi connectivity index (χ0n) is 15.9. The Hall–Kier alpha value is -1.84. The van der Waals surface area contributed by atoms with Gasteiger partial charge in [0.2, 0.25) is 0 Å². The predicted molar refractivity (Wildman–Crippen MR) is 108 cm³/mol. The van der Waals surface area contributed by atoms with E-state index in [1.807, 2.05) is 6.92 Å². The van der Waals surface area contributed by atoms with Crippen molar-refractivity contribution in [2.24, 2.45) is 0 Å². The molecule has 10 heteroatoms. The van der Waals surface area contributed by atoms with Crippen LogP contribution in [0.2, 0.25) is 0 Å². The molecule has 1 aliphatic carbocycles. The van der Waals surface area contributed by atoms with E-state index < -0.39 is 5.56 Å². The topological polar surface area (TPSA) is 85.6 Å². The molecule has 1 saturated heterocycles. The molecule has 0 spiro atoms. The number of amides is 2. The van der Waals surface area contributed by atoms with Gasteiger partial charge in [0.15, 0.2) is 0 Å². The van der Waals surface area contributed by atoms with Crippen molar-refractivity contribution in [1.29, 1.82) is 0 Å². The second-order valence-electron chi connectivity index (χ2n) is 7.24. The van der Waals surface area contributed by atoms with E-state index in [-0.39, 0.29) is 29.9 Å². The van der Waals surface area contributed by atoms with Crippen LogP contribution in [0.4, 0.5) is 4.79 Å². The molecule has 1 saturated carbocycles. The number of ether oxygens (including phenoxy) is 1. The van der Waals surface area contributed by atoms with Gasteiger partial charge in [0.25, 0.3) is 5.56 Å². The van der Waals surface area contributed by atoms with Crippen LogP contribution in [0.1, 0.15) is 36.2 Å². The van der Waals surface area contributed by atoms with Gasteiger partial charge in [-0.1, -0.05) is 11.6 Å². The molecular weight excluding hydrogens is 404 g/mol. The molecule has 1 aliphatic heterocycles. The van der Waals surface area contributed by atoms with Gasteiger partial charge in [-0.15, -0.1) is 11.3 Å². The van der Waals surface area contributed by atoms with E-state index >= 15 is 0 Å². The molecule has 1 unspecified atom stereocenters. The highest BCUT2D eigenvalue weighted by Crippen LogP contribution is 2.34. The summed E-state index contributed by atoms with van der Waals surface area (Å²) in [6.45, 7) is 5.91. The minimum Gasteiger partial charge on any atom is -0.361 e. The predicted octanol–water partition coefficient (Wildman–Crippen LogP) is 1.99. The molecule has 0 aromatic carbocycles. The fourth-order valence-corrected chi connectivity index (χ4v) is 4.97. The molecule has 2 aromatic heterocycles. The highest BCUT2D eigenvalue weighted by atomic mass is 35.5. The molecule has 28 heavy (non-hydrogen) atoms. The van der Waals surface area contributed by atoms with Gasteiger partial charge >= 0.3 is 11.7 Å². The number of carbonyl (C=O) groups is 1. The number of thiophene rings is 1. The standard InChI is InChI=1S/C18H23ClN4O4S/c1-10-13(9-21-6-5-20-17(21)25)28-16-14(10)15(24)23(12-3-4-12)18(26)22(16)7-8-27-11(2)19/h11-12H,3-9H2,1-2H3,(H,20,25). The fourth-order valence-electron chi connectivity index (χ4n) is 3.55. The van der Waals surface area contributed by atoms with Crippen molar-refractivity contribution in [3.8, 4) is 0 Å². The van der Waals surface area contributed by atoms with Gasteiger partial charge in [0, 0.05) is 24.0 Å². The maximum atomic E-state index is 13.1. The van der Waals surface area contributed by atoms with Crippen LogP contribution in [0.3, 0.4) is 0 Å². The largest absolute Gasteiger partial charge is 0.361 e. The van der Waals surface area contributed by atoms with Gasteiger partial charge in [0.1, 0.15) is 10.4 Å². The summed E-state index contributed by atoms with van der Waals surface area (Å²) < 4.78 is 8.43. The number of hydrogen-bond acceptors (Lipinski definition) is 5. The molecule has 2 aromatic rings. The Balaban J connectivity index is 1.81. The summed E-state index contributed by atoms with van der Waals surface area (Å²) in [6.07, 6.45) is 1.69. The summed E-state index contributed by atoms with van der Waals surface area (Å²) in [5, 5.41) is 3.36. The van der Waals surface area contributed by atoms with Crippen molar-refractivity contribution in [2.45, 2.75) is 51.4 Å². The van der Waals surface area contributed by atoms with Gasteiger partial charge in [-0.25, -0.2) is 9.59 Å². The SMILES string of the molecule is Cc1c(CN2CCNC2=O)sc2c1c(=O)n(C1CC1)c(=O)n2CCOC(C)Cl. The monoisotopic (exact) mass is 426 g/mol. The number of fused-ring (bicyclic) bond motifs is 1. The number of halogens is 1. The van der Waals surface area contributed by atoms with Crippen molar-refractivity contribution in [2.75, 3.05) is 19.7 Å². The molecular formula is C18H23ClN4O4S. The summed E-state index contributed by atoms with van der Waals surface area (Å²) in [5.74, 6) is 0. The van der Waals surface area contributed by atoms with Crippen LogP contribution in [0.5, 0.6) is 0 Å². The minimum absolute atomic E-state index is 0.0179. The number of nitrogens with zero attached hydrogens (tertiary/aromatic N) is 3. The van der Waals surface area contributed by atoms with Crippen LogP contribution in [0.15, 0.2) is 9.59 Å². The van der Waals surface area contributed by atoms with Gasteiger partial charge in [-0.2, -0.15) is 0 Å². The minimum atomic E-state index is -0.449. The van der Waals surface area contributed by atoms with Crippen molar-refractivity contribution in [3.05, 3.63) is 31.3 Å². The third kappa shape index (κ3) is 3.46. The molecule has 2 amide bonds. The van der Waals surface area contributed by atoms with E-state index in [9.17, 15) is 14.4 Å². The Kier molecular flexibility index (Phi) is 5.24.